The fourth-order valence-electron chi connectivity index (χ4n) is 1.90. The molecule has 1 heterocycles. The third kappa shape index (κ3) is 2.52. The van der Waals surface area contributed by atoms with Gasteiger partial charge in [0, 0.05) is 31.9 Å². The van der Waals surface area contributed by atoms with E-state index >= 15 is 0 Å². The van der Waals surface area contributed by atoms with Crippen molar-refractivity contribution < 1.29 is 5.21 Å². The van der Waals surface area contributed by atoms with Crippen molar-refractivity contribution in [2.24, 2.45) is 5.16 Å². The van der Waals surface area contributed by atoms with Gasteiger partial charge in [0.05, 0.1) is 6.21 Å². The fourth-order valence-corrected chi connectivity index (χ4v) is 1.90. The van der Waals surface area contributed by atoms with Gasteiger partial charge in [0.2, 0.25) is 0 Å². The first kappa shape index (κ1) is 11.0. The Kier molecular flexibility index (Phi) is 3.41. The number of hydrogen-bond acceptors (Lipinski definition) is 4. The topological polar surface area (TPSA) is 39.1 Å². The maximum Gasteiger partial charge on any atom is 0.0733 e. The van der Waals surface area contributed by atoms with E-state index in [1.54, 1.807) is 0 Å². The van der Waals surface area contributed by atoms with Gasteiger partial charge in [-0.05, 0) is 24.7 Å². The second-order valence-corrected chi connectivity index (χ2v) is 4.13. The van der Waals surface area contributed by atoms with Gasteiger partial charge in [-0.2, -0.15) is 0 Å². The van der Waals surface area contributed by atoms with Crippen molar-refractivity contribution in [3.63, 3.8) is 0 Å². The van der Waals surface area contributed by atoms with E-state index < -0.39 is 0 Å². The predicted molar refractivity (Wildman–Crippen MR) is 65.5 cm³/mol. The number of anilines is 1. The molecule has 0 bridgehead atoms. The number of piperazine rings is 1. The largest absolute Gasteiger partial charge is 0.411 e. The summed E-state index contributed by atoms with van der Waals surface area (Å²) >= 11 is 0. The summed E-state index contributed by atoms with van der Waals surface area (Å²) in [5.41, 5.74) is 2.16. The molecule has 1 aromatic carbocycles. The van der Waals surface area contributed by atoms with E-state index in [2.05, 4.69) is 34.1 Å². The van der Waals surface area contributed by atoms with Crippen LogP contribution in [0.2, 0.25) is 0 Å². The van der Waals surface area contributed by atoms with Gasteiger partial charge in [-0.15, -0.1) is 0 Å². The van der Waals surface area contributed by atoms with Crippen molar-refractivity contribution in [3.05, 3.63) is 29.8 Å². The molecule has 0 spiro atoms. The summed E-state index contributed by atoms with van der Waals surface area (Å²) in [7, 11) is 2.15. The Morgan fingerprint density at radius 3 is 2.31 bits per heavy atom. The fraction of sp³-hybridized carbons (Fsp3) is 0.417. The molecule has 1 aromatic rings. The van der Waals surface area contributed by atoms with Crippen molar-refractivity contribution in [3.8, 4) is 0 Å². The molecule has 1 fully saturated rings. The lowest BCUT2D eigenvalue weighted by Crippen LogP contribution is -2.44. The van der Waals surface area contributed by atoms with Gasteiger partial charge in [0.1, 0.15) is 0 Å². The molecule has 1 N–H and O–H groups in total. The molecule has 0 radical (unpaired) electrons. The van der Waals surface area contributed by atoms with Gasteiger partial charge in [-0.25, -0.2) is 0 Å². The molecule has 0 saturated carbocycles. The summed E-state index contributed by atoms with van der Waals surface area (Å²) in [5.74, 6) is 0. The Labute approximate surface area is 95.8 Å². The van der Waals surface area contributed by atoms with Crippen LogP contribution in [0, 0.1) is 0 Å². The average molecular weight is 219 g/mol. The zero-order chi connectivity index (χ0) is 11.4. The van der Waals surface area contributed by atoms with Crippen LogP contribution in [0.4, 0.5) is 5.69 Å². The first-order chi connectivity index (χ1) is 7.79. The minimum atomic E-state index is 0.917. The maximum absolute atomic E-state index is 8.42. The van der Waals surface area contributed by atoms with E-state index in [9.17, 15) is 0 Å². The highest BCUT2D eigenvalue weighted by molar-refractivity contribution is 5.79. The standard InChI is InChI=1S/C12H17N3O/c1-14-6-8-15(9-7-14)12-4-2-11(3-5-12)10-13-16/h2-5,10,16H,6-9H2,1H3/b13-10+. The highest BCUT2D eigenvalue weighted by Crippen LogP contribution is 2.16. The number of benzene rings is 1. The quantitative estimate of drug-likeness (QED) is 0.462. The third-order valence-electron chi connectivity index (χ3n) is 2.97. The zero-order valence-corrected chi connectivity index (χ0v) is 9.50. The minimum Gasteiger partial charge on any atom is -0.411 e. The van der Waals surface area contributed by atoms with E-state index in [1.807, 2.05) is 12.1 Å². The normalized spacial score (nSPS) is 18.2. The molecule has 1 aliphatic rings. The summed E-state index contributed by atoms with van der Waals surface area (Å²) < 4.78 is 0. The molecule has 0 aliphatic carbocycles. The summed E-state index contributed by atoms with van der Waals surface area (Å²) in [5, 5.41) is 11.4. The highest BCUT2D eigenvalue weighted by Gasteiger charge is 2.13. The van der Waals surface area contributed by atoms with Crippen LogP contribution < -0.4 is 4.90 Å². The molecule has 4 heteroatoms. The Hall–Kier alpha value is -1.55. The lowest BCUT2D eigenvalue weighted by atomic mass is 10.2. The first-order valence-electron chi connectivity index (χ1n) is 5.50. The lowest BCUT2D eigenvalue weighted by molar-refractivity contribution is 0.313. The zero-order valence-electron chi connectivity index (χ0n) is 9.50. The molecular weight excluding hydrogens is 202 g/mol. The first-order valence-corrected chi connectivity index (χ1v) is 5.50. The lowest BCUT2D eigenvalue weighted by Gasteiger charge is -2.34. The Morgan fingerprint density at radius 1 is 1.12 bits per heavy atom. The Bertz CT molecular complexity index is 353. The van der Waals surface area contributed by atoms with E-state index in [0.717, 1.165) is 31.7 Å². The summed E-state index contributed by atoms with van der Waals surface area (Å²) in [6.07, 6.45) is 1.44. The molecule has 1 aliphatic heterocycles. The van der Waals surface area contributed by atoms with Crippen molar-refractivity contribution in [1.29, 1.82) is 0 Å². The van der Waals surface area contributed by atoms with Crippen LogP contribution in [0.1, 0.15) is 5.56 Å². The molecule has 0 amide bonds. The van der Waals surface area contributed by atoms with Crippen molar-refractivity contribution in [1.82, 2.24) is 4.90 Å². The second kappa shape index (κ2) is 4.99. The molecule has 2 rings (SSSR count). The number of hydrogen-bond donors (Lipinski definition) is 1. The predicted octanol–water partition coefficient (Wildman–Crippen LogP) is 1.25. The van der Waals surface area contributed by atoms with Crippen LogP contribution in [0.3, 0.4) is 0 Å². The smallest absolute Gasteiger partial charge is 0.0733 e. The molecule has 0 aromatic heterocycles. The van der Waals surface area contributed by atoms with Gasteiger partial charge >= 0.3 is 0 Å². The third-order valence-corrected chi connectivity index (χ3v) is 2.97. The van der Waals surface area contributed by atoms with Crippen LogP contribution >= 0.6 is 0 Å². The van der Waals surface area contributed by atoms with Crippen molar-refractivity contribution in [2.75, 3.05) is 38.1 Å². The molecule has 0 unspecified atom stereocenters. The number of rotatable bonds is 2. The molecule has 4 nitrogen and oxygen atoms in total. The molecule has 1 saturated heterocycles. The van der Waals surface area contributed by atoms with Gasteiger partial charge < -0.3 is 15.0 Å². The number of nitrogens with zero attached hydrogens (tertiary/aromatic N) is 3. The van der Waals surface area contributed by atoms with Crippen molar-refractivity contribution >= 4 is 11.9 Å². The van der Waals surface area contributed by atoms with Crippen LogP contribution in [0.5, 0.6) is 0 Å². The SMILES string of the molecule is CN1CCN(c2ccc(/C=N/O)cc2)CC1. The Morgan fingerprint density at radius 2 is 1.75 bits per heavy atom. The monoisotopic (exact) mass is 219 g/mol. The average Bonchev–Trinajstić information content (AvgIpc) is 2.32. The van der Waals surface area contributed by atoms with Crippen molar-refractivity contribution in [2.45, 2.75) is 0 Å². The maximum atomic E-state index is 8.42. The van der Waals surface area contributed by atoms with Crippen LogP contribution in [0.15, 0.2) is 29.4 Å². The van der Waals surface area contributed by atoms with E-state index in [-0.39, 0.29) is 0 Å². The second-order valence-electron chi connectivity index (χ2n) is 4.13. The molecule has 86 valence electrons. The molecule has 16 heavy (non-hydrogen) atoms. The molecular formula is C12H17N3O. The van der Waals surface area contributed by atoms with Gasteiger partial charge in [0.25, 0.3) is 0 Å². The molecule has 0 atom stereocenters. The van der Waals surface area contributed by atoms with E-state index in [4.69, 9.17) is 5.21 Å². The van der Waals surface area contributed by atoms with Gasteiger partial charge in [-0.1, -0.05) is 17.3 Å². The number of oxime groups is 1. The van der Waals surface area contributed by atoms with Crippen LogP contribution in [-0.4, -0.2) is 49.5 Å². The van der Waals surface area contributed by atoms with Gasteiger partial charge in [-0.3, -0.25) is 0 Å². The summed E-state index contributed by atoms with van der Waals surface area (Å²) in [6, 6.07) is 8.07. The van der Waals surface area contributed by atoms with Gasteiger partial charge in [0.15, 0.2) is 0 Å². The van der Waals surface area contributed by atoms with Crippen LogP contribution in [-0.2, 0) is 0 Å². The minimum absolute atomic E-state index is 0.917. The van der Waals surface area contributed by atoms with Crippen LogP contribution in [0.25, 0.3) is 0 Å². The summed E-state index contributed by atoms with van der Waals surface area (Å²) in [6.45, 7) is 4.37. The van der Waals surface area contributed by atoms with E-state index in [1.165, 1.54) is 11.9 Å². The highest BCUT2D eigenvalue weighted by atomic mass is 16.4. The summed E-state index contributed by atoms with van der Waals surface area (Å²) in [4.78, 5) is 4.71. The van der Waals surface area contributed by atoms with E-state index in [0.29, 0.717) is 0 Å². The number of likely N-dealkylation sites (N-methyl/N-ethyl adjacent to an activating group) is 1. The Balaban J connectivity index is 2.04.